The molecule has 76 valence electrons. The molecular formula is C7H7NO5S. The molecule has 0 aliphatic heterocycles. The maximum atomic E-state index is 11.1. The molecule has 0 saturated heterocycles. The van der Waals surface area contributed by atoms with Gasteiger partial charge in [0.05, 0.1) is 4.90 Å². The van der Waals surface area contributed by atoms with Crippen molar-refractivity contribution < 1.29 is 17.8 Å². The predicted molar refractivity (Wildman–Crippen MR) is 46.4 cm³/mol. The van der Waals surface area contributed by atoms with E-state index in [-0.39, 0.29) is 4.90 Å². The smallest absolute Gasteiger partial charge is 0.196 e. The Hall–Kier alpha value is -1.63. The van der Waals surface area contributed by atoms with Crippen molar-refractivity contribution in [3.05, 3.63) is 39.9 Å². The molecule has 0 amide bonds. The van der Waals surface area contributed by atoms with E-state index in [1.807, 2.05) is 0 Å². The predicted octanol–water partition coefficient (Wildman–Crippen LogP) is 0.892. The minimum Gasteiger partial charge on any atom is -0.196 e. The normalized spacial score (nSPS) is 10.9. The van der Waals surface area contributed by atoms with E-state index in [9.17, 15) is 18.5 Å². The molecule has 0 saturated carbocycles. The van der Waals surface area contributed by atoms with E-state index in [1.165, 1.54) is 24.3 Å². The van der Waals surface area contributed by atoms with Crippen LogP contribution < -0.4 is 0 Å². The highest BCUT2D eigenvalue weighted by molar-refractivity contribution is 7.86. The van der Waals surface area contributed by atoms with Gasteiger partial charge in [-0.25, -0.2) is 0 Å². The second-order valence-electron chi connectivity index (χ2n) is 2.57. The first-order valence-electron chi connectivity index (χ1n) is 3.57. The van der Waals surface area contributed by atoms with Gasteiger partial charge in [-0.2, -0.15) is 12.7 Å². The van der Waals surface area contributed by atoms with E-state index in [0.29, 0.717) is 0 Å². The molecule has 6 nitrogen and oxygen atoms in total. The third kappa shape index (κ3) is 2.43. The van der Waals surface area contributed by atoms with Crippen LogP contribution in [-0.2, 0) is 14.4 Å². The zero-order valence-corrected chi connectivity index (χ0v) is 8.02. The largest absolute Gasteiger partial charge is 0.334 e. The molecule has 0 bridgehead atoms. The molecule has 14 heavy (non-hydrogen) atoms. The number of rotatable bonds is 3. The Morgan fingerprint density at radius 3 is 2.21 bits per heavy atom. The zero-order chi connectivity index (χ0) is 10.8. The molecular weight excluding hydrogens is 210 g/mol. The van der Waals surface area contributed by atoms with Crippen LogP contribution in [0, 0.1) is 17.0 Å². The summed E-state index contributed by atoms with van der Waals surface area (Å²) in [5, 5.41) is 8.51. The van der Waals surface area contributed by atoms with Gasteiger partial charge in [-0.15, -0.1) is 10.1 Å². The Kier molecular flexibility index (Phi) is 2.70. The number of hydrogen-bond donors (Lipinski definition) is 0. The van der Waals surface area contributed by atoms with E-state index < -0.39 is 15.2 Å². The van der Waals surface area contributed by atoms with Crippen LogP contribution in [0.15, 0.2) is 29.2 Å². The molecule has 0 heterocycles. The quantitative estimate of drug-likeness (QED) is 0.554. The summed E-state index contributed by atoms with van der Waals surface area (Å²) in [6, 6.07) is 5.54. The van der Waals surface area contributed by atoms with Crippen molar-refractivity contribution in [2.75, 3.05) is 0 Å². The van der Waals surface area contributed by atoms with Crippen LogP contribution in [0.5, 0.6) is 0 Å². The first kappa shape index (κ1) is 10.5. The molecule has 1 rings (SSSR count). The fourth-order valence-electron chi connectivity index (χ4n) is 0.828. The highest BCUT2D eigenvalue weighted by atomic mass is 32.2. The van der Waals surface area contributed by atoms with Crippen molar-refractivity contribution in [2.24, 2.45) is 0 Å². The minimum atomic E-state index is -4.28. The summed E-state index contributed by atoms with van der Waals surface area (Å²) in [6.07, 6.45) is 0. The van der Waals surface area contributed by atoms with E-state index in [2.05, 4.69) is 4.28 Å². The summed E-state index contributed by atoms with van der Waals surface area (Å²) >= 11 is 0. The summed E-state index contributed by atoms with van der Waals surface area (Å²) in [5.41, 5.74) is 0.852. The van der Waals surface area contributed by atoms with Crippen LogP contribution >= 0.6 is 0 Å². The van der Waals surface area contributed by atoms with Crippen LogP contribution in [0.1, 0.15) is 5.56 Å². The average molecular weight is 217 g/mol. The Morgan fingerprint density at radius 2 is 1.79 bits per heavy atom. The van der Waals surface area contributed by atoms with Crippen LogP contribution in [0.3, 0.4) is 0 Å². The molecule has 0 spiro atoms. The lowest BCUT2D eigenvalue weighted by atomic mass is 10.2. The number of aryl methyl sites for hydroxylation is 1. The van der Waals surface area contributed by atoms with Crippen LogP contribution in [-0.4, -0.2) is 13.5 Å². The molecule has 7 heteroatoms. The molecule has 0 aliphatic rings. The minimum absolute atomic E-state index is 0.236. The number of benzene rings is 1. The van der Waals surface area contributed by atoms with Gasteiger partial charge in [0.25, 0.3) is 0 Å². The van der Waals surface area contributed by atoms with Crippen LogP contribution in [0.2, 0.25) is 0 Å². The van der Waals surface area contributed by atoms with Gasteiger partial charge in [0.2, 0.25) is 0 Å². The Morgan fingerprint density at radius 1 is 1.29 bits per heavy atom. The van der Waals surface area contributed by atoms with Gasteiger partial charge in [-0.1, -0.05) is 17.7 Å². The van der Waals surface area contributed by atoms with Gasteiger partial charge >= 0.3 is 15.2 Å². The van der Waals surface area contributed by atoms with Crippen molar-refractivity contribution in [1.82, 2.24) is 0 Å². The topological polar surface area (TPSA) is 86.5 Å². The lowest BCUT2D eigenvalue weighted by Gasteiger charge is -2.00. The monoisotopic (exact) mass is 217 g/mol. The Labute approximate surface area is 80.4 Å². The van der Waals surface area contributed by atoms with Gasteiger partial charge in [-0.05, 0) is 19.1 Å². The summed E-state index contributed by atoms with van der Waals surface area (Å²) in [6.45, 7) is 1.77. The van der Waals surface area contributed by atoms with Crippen molar-refractivity contribution in [1.29, 1.82) is 0 Å². The van der Waals surface area contributed by atoms with E-state index >= 15 is 0 Å². The van der Waals surface area contributed by atoms with Crippen LogP contribution in [0.4, 0.5) is 0 Å². The van der Waals surface area contributed by atoms with E-state index in [4.69, 9.17) is 0 Å². The molecule has 0 aliphatic carbocycles. The maximum absolute atomic E-state index is 11.1. The van der Waals surface area contributed by atoms with E-state index in [0.717, 1.165) is 5.56 Å². The summed E-state index contributed by atoms with van der Waals surface area (Å²) in [7, 11) is -4.28. The first-order valence-corrected chi connectivity index (χ1v) is 4.98. The van der Waals surface area contributed by atoms with Crippen LogP contribution in [0.25, 0.3) is 0 Å². The molecule has 1 aromatic rings. The standard InChI is InChI=1S/C7H7NO5S/c1-6-2-4-7(5-3-6)14(11,12)13-8(9)10/h2-5H,1H3. The fraction of sp³-hybridized carbons (Fsp3) is 0.143. The SMILES string of the molecule is Cc1ccc(S(=O)(=O)O[N+](=O)[O-])cc1. The third-order valence-electron chi connectivity index (χ3n) is 1.47. The Bertz CT molecular complexity index is 436. The van der Waals surface area contributed by atoms with Crippen molar-refractivity contribution in [2.45, 2.75) is 11.8 Å². The highest BCUT2D eigenvalue weighted by Gasteiger charge is 2.18. The Balaban J connectivity index is 3.05. The highest BCUT2D eigenvalue weighted by Crippen LogP contribution is 2.12. The lowest BCUT2D eigenvalue weighted by Crippen LogP contribution is -2.11. The fourth-order valence-corrected chi connectivity index (χ4v) is 1.54. The second-order valence-corrected chi connectivity index (χ2v) is 4.09. The van der Waals surface area contributed by atoms with Gasteiger partial charge in [0.15, 0.2) is 0 Å². The number of hydrogen-bond acceptors (Lipinski definition) is 5. The molecule has 1 aromatic carbocycles. The average Bonchev–Trinajstić information content (AvgIpc) is 2.02. The maximum Gasteiger partial charge on any atom is 0.334 e. The zero-order valence-electron chi connectivity index (χ0n) is 7.21. The first-order chi connectivity index (χ1) is 6.42. The van der Waals surface area contributed by atoms with Crippen molar-refractivity contribution in [3.63, 3.8) is 0 Å². The molecule has 0 unspecified atom stereocenters. The van der Waals surface area contributed by atoms with Crippen molar-refractivity contribution in [3.8, 4) is 0 Å². The molecule has 0 radical (unpaired) electrons. The number of nitrogens with zero attached hydrogens (tertiary/aromatic N) is 1. The molecule has 0 atom stereocenters. The van der Waals surface area contributed by atoms with Gasteiger partial charge in [-0.3, -0.25) is 0 Å². The van der Waals surface area contributed by atoms with Crippen molar-refractivity contribution >= 4 is 10.1 Å². The van der Waals surface area contributed by atoms with E-state index in [1.54, 1.807) is 6.92 Å². The third-order valence-corrected chi connectivity index (χ3v) is 2.64. The molecule has 0 aromatic heterocycles. The van der Waals surface area contributed by atoms with Gasteiger partial charge < -0.3 is 0 Å². The molecule has 0 N–H and O–H groups in total. The molecule has 0 fully saturated rings. The lowest BCUT2D eigenvalue weighted by molar-refractivity contribution is -0.711. The summed E-state index contributed by atoms with van der Waals surface area (Å²) in [5.74, 6) is 0. The second kappa shape index (κ2) is 3.62. The summed E-state index contributed by atoms with van der Waals surface area (Å²) < 4.78 is 25.7. The van der Waals surface area contributed by atoms with Gasteiger partial charge in [0, 0.05) is 0 Å². The summed E-state index contributed by atoms with van der Waals surface area (Å²) in [4.78, 5) is 9.62. The van der Waals surface area contributed by atoms with Gasteiger partial charge in [0.1, 0.15) is 0 Å².